The Balaban J connectivity index is 1.64. The van der Waals surface area contributed by atoms with Crippen LogP contribution >= 0.6 is 0 Å². The van der Waals surface area contributed by atoms with Crippen molar-refractivity contribution in [1.29, 1.82) is 0 Å². The summed E-state index contributed by atoms with van der Waals surface area (Å²) in [4.78, 5) is 16.4. The van der Waals surface area contributed by atoms with Crippen LogP contribution < -0.4 is 5.32 Å². The number of rotatable bonds is 4. The molecule has 23 heavy (non-hydrogen) atoms. The van der Waals surface area contributed by atoms with E-state index in [1.165, 1.54) is 10.5 Å². The van der Waals surface area contributed by atoms with Crippen LogP contribution in [-0.4, -0.2) is 58.1 Å². The number of aromatic nitrogens is 3. The van der Waals surface area contributed by atoms with Gasteiger partial charge in [0, 0.05) is 31.5 Å². The molecule has 2 aromatic rings. The Morgan fingerprint density at radius 1 is 1.35 bits per heavy atom. The molecule has 0 aromatic carbocycles. The lowest BCUT2D eigenvalue weighted by molar-refractivity contribution is 0.0925. The maximum Gasteiger partial charge on any atom is 0.255 e. The average Bonchev–Trinajstić information content (AvgIpc) is 2.99. The van der Waals surface area contributed by atoms with Gasteiger partial charge in [-0.2, -0.15) is 5.10 Å². The fraction of sp³-hybridized carbons (Fsp3) is 0.500. The summed E-state index contributed by atoms with van der Waals surface area (Å²) in [5.74, 6) is -0.0934. The lowest BCUT2D eigenvalue weighted by Crippen LogP contribution is -2.46. The summed E-state index contributed by atoms with van der Waals surface area (Å²) >= 11 is 0. The van der Waals surface area contributed by atoms with E-state index in [1.807, 2.05) is 0 Å². The predicted octanol–water partition coefficient (Wildman–Crippen LogP) is 0.273. The summed E-state index contributed by atoms with van der Waals surface area (Å²) in [6.07, 6.45) is 7.62. The van der Waals surface area contributed by atoms with E-state index in [-0.39, 0.29) is 17.7 Å². The Hall–Kier alpha value is -2.00. The fourth-order valence-electron chi connectivity index (χ4n) is 2.73. The molecule has 3 heterocycles. The molecule has 1 aliphatic rings. The van der Waals surface area contributed by atoms with E-state index >= 15 is 0 Å². The Bertz CT molecular complexity index is 809. The molecule has 0 unspecified atom stereocenters. The summed E-state index contributed by atoms with van der Waals surface area (Å²) in [5, 5.41) is 7.08. The quantitative estimate of drug-likeness (QED) is 0.864. The van der Waals surface area contributed by atoms with Crippen molar-refractivity contribution < 1.29 is 13.2 Å². The number of hydrogen-bond acceptors (Lipinski definition) is 5. The first kappa shape index (κ1) is 15.9. The minimum Gasteiger partial charge on any atom is -0.349 e. The van der Waals surface area contributed by atoms with Crippen molar-refractivity contribution in [2.75, 3.05) is 18.8 Å². The van der Waals surface area contributed by atoms with Crippen LogP contribution in [-0.2, 0) is 10.0 Å². The van der Waals surface area contributed by atoms with Gasteiger partial charge in [0.25, 0.3) is 5.91 Å². The molecule has 1 amide bonds. The molecule has 2 aromatic heterocycles. The van der Waals surface area contributed by atoms with Gasteiger partial charge < -0.3 is 5.32 Å². The lowest BCUT2D eigenvalue weighted by atomic mass is 10.1. The van der Waals surface area contributed by atoms with Gasteiger partial charge in [-0.25, -0.2) is 17.2 Å². The molecule has 0 radical (unpaired) electrons. The molecule has 124 valence electrons. The van der Waals surface area contributed by atoms with Crippen molar-refractivity contribution in [2.24, 2.45) is 0 Å². The van der Waals surface area contributed by atoms with Crippen LogP contribution in [0.15, 0.2) is 24.8 Å². The molecule has 9 heteroatoms. The summed E-state index contributed by atoms with van der Waals surface area (Å²) in [6.45, 7) is 2.53. The highest BCUT2D eigenvalue weighted by Gasteiger charge is 2.28. The second-order valence-corrected chi connectivity index (χ2v) is 7.77. The normalized spacial score (nSPS) is 17.4. The largest absolute Gasteiger partial charge is 0.349 e. The molecular formula is C14H19N5O3S. The van der Waals surface area contributed by atoms with Crippen LogP contribution in [0.4, 0.5) is 0 Å². The average molecular weight is 337 g/mol. The van der Waals surface area contributed by atoms with Crippen LogP contribution in [0.2, 0.25) is 0 Å². The molecule has 0 atom stereocenters. The van der Waals surface area contributed by atoms with Gasteiger partial charge in [-0.15, -0.1) is 0 Å². The van der Waals surface area contributed by atoms with Gasteiger partial charge in [0.2, 0.25) is 10.0 Å². The minimum atomic E-state index is -3.15. The first-order chi connectivity index (χ1) is 11.0. The number of hydrogen-bond donors (Lipinski definition) is 1. The maximum absolute atomic E-state index is 12.4. The Morgan fingerprint density at radius 3 is 2.78 bits per heavy atom. The molecule has 1 saturated heterocycles. The van der Waals surface area contributed by atoms with E-state index in [0.29, 0.717) is 37.0 Å². The SMILES string of the molecule is CCS(=O)(=O)N1CCC(NC(=O)c2cnn3ccncc23)CC1. The highest BCUT2D eigenvalue weighted by Crippen LogP contribution is 2.16. The fourth-order valence-corrected chi connectivity index (χ4v) is 3.87. The molecule has 0 saturated carbocycles. The molecule has 8 nitrogen and oxygen atoms in total. The Labute approximate surface area is 134 Å². The Morgan fingerprint density at radius 2 is 2.09 bits per heavy atom. The number of piperidine rings is 1. The van der Waals surface area contributed by atoms with Crippen LogP contribution in [0.25, 0.3) is 5.52 Å². The lowest BCUT2D eigenvalue weighted by Gasteiger charge is -2.31. The van der Waals surface area contributed by atoms with Crippen LogP contribution in [0.1, 0.15) is 30.1 Å². The van der Waals surface area contributed by atoms with Crippen molar-refractivity contribution >= 4 is 21.4 Å². The smallest absolute Gasteiger partial charge is 0.255 e. The first-order valence-electron chi connectivity index (χ1n) is 7.57. The van der Waals surface area contributed by atoms with Crippen molar-refractivity contribution in [3.05, 3.63) is 30.4 Å². The number of amides is 1. The van der Waals surface area contributed by atoms with Crippen LogP contribution in [0.5, 0.6) is 0 Å². The summed E-state index contributed by atoms with van der Waals surface area (Å²) in [5.41, 5.74) is 1.12. The van der Waals surface area contributed by atoms with Gasteiger partial charge in [-0.05, 0) is 19.8 Å². The van der Waals surface area contributed by atoms with Crippen molar-refractivity contribution in [2.45, 2.75) is 25.8 Å². The topological polar surface area (TPSA) is 96.7 Å². The second kappa shape index (κ2) is 6.25. The van der Waals surface area contributed by atoms with Gasteiger partial charge in [-0.3, -0.25) is 9.78 Å². The number of carbonyl (C=O) groups excluding carboxylic acids is 1. The van der Waals surface area contributed by atoms with E-state index in [1.54, 1.807) is 30.0 Å². The molecule has 0 bridgehead atoms. The highest BCUT2D eigenvalue weighted by molar-refractivity contribution is 7.89. The van der Waals surface area contributed by atoms with Crippen molar-refractivity contribution in [3.8, 4) is 0 Å². The predicted molar refractivity (Wildman–Crippen MR) is 84.5 cm³/mol. The number of nitrogens with zero attached hydrogens (tertiary/aromatic N) is 4. The van der Waals surface area contributed by atoms with E-state index in [9.17, 15) is 13.2 Å². The van der Waals surface area contributed by atoms with Gasteiger partial charge in [0.05, 0.1) is 29.2 Å². The van der Waals surface area contributed by atoms with E-state index in [4.69, 9.17) is 0 Å². The van der Waals surface area contributed by atoms with E-state index < -0.39 is 10.0 Å². The highest BCUT2D eigenvalue weighted by atomic mass is 32.2. The second-order valence-electron chi connectivity index (χ2n) is 5.51. The molecule has 1 N–H and O–H groups in total. The third-order valence-corrected chi connectivity index (χ3v) is 6.00. The van der Waals surface area contributed by atoms with E-state index in [2.05, 4.69) is 15.4 Å². The first-order valence-corrected chi connectivity index (χ1v) is 9.18. The summed E-state index contributed by atoms with van der Waals surface area (Å²) in [7, 11) is -3.15. The zero-order chi connectivity index (χ0) is 16.4. The summed E-state index contributed by atoms with van der Waals surface area (Å²) < 4.78 is 26.8. The molecule has 1 aliphatic heterocycles. The molecule has 0 aliphatic carbocycles. The van der Waals surface area contributed by atoms with Crippen molar-refractivity contribution in [3.63, 3.8) is 0 Å². The third kappa shape index (κ3) is 3.20. The monoisotopic (exact) mass is 337 g/mol. The molecular weight excluding hydrogens is 318 g/mol. The van der Waals surface area contributed by atoms with Gasteiger partial charge in [0.1, 0.15) is 0 Å². The third-order valence-electron chi connectivity index (χ3n) is 4.12. The zero-order valence-corrected chi connectivity index (χ0v) is 13.7. The van der Waals surface area contributed by atoms with Crippen molar-refractivity contribution in [1.82, 2.24) is 24.2 Å². The maximum atomic E-state index is 12.4. The minimum absolute atomic E-state index is 0.0302. The number of carbonyl (C=O) groups is 1. The van der Waals surface area contributed by atoms with Gasteiger partial charge in [0.15, 0.2) is 0 Å². The zero-order valence-electron chi connectivity index (χ0n) is 12.8. The van der Waals surface area contributed by atoms with Gasteiger partial charge in [-0.1, -0.05) is 0 Å². The molecule has 1 fully saturated rings. The standard InChI is InChI=1S/C14H19N5O3S/c1-2-23(21,22)18-6-3-11(4-7-18)17-14(20)12-9-16-19-8-5-15-10-13(12)19/h5,8-11H,2-4,6-7H2,1H3,(H,17,20). The van der Waals surface area contributed by atoms with Crippen LogP contribution in [0, 0.1) is 0 Å². The molecule has 0 spiro atoms. The van der Waals surface area contributed by atoms with Crippen LogP contribution in [0.3, 0.4) is 0 Å². The Kier molecular flexibility index (Phi) is 4.31. The number of sulfonamides is 1. The molecule has 3 rings (SSSR count). The number of nitrogens with one attached hydrogen (secondary N) is 1. The van der Waals surface area contributed by atoms with Gasteiger partial charge >= 0.3 is 0 Å². The number of fused-ring (bicyclic) bond motifs is 1. The van der Waals surface area contributed by atoms with E-state index in [0.717, 1.165) is 0 Å². The summed E-state index contributed by atoms with van der Waals surface area (Å²) in [6, 6.07) is -0.0302.